The maximum Gasteiger partial charge on any atom is 0.407 e. The van der Waals surface area contributed by atoms with Gasteiger partial charge < -0.3 is 52.7 Å². The number of benzene rings is 1. The summed E-state index contributed by atoms with van der Waals surface area (Å²) in [6, 6.07) is 9.49. The molecule has 0 saturated heterocycles. The molecule has 43 heavy (non-hydrogen) atoms. The van der Waals surface area contributed by atoms with Gasteiger partial charge in [-0.15, -0.1) is 0 Å². The highest BCUT2D eigenvalue weighted by atomic mass is 16.6. The summed E-state index contributed by atoms with van der Waals surface area (Å²) in [6.45, 7) is 13.0. The quantitative estimate of drug-likeness (QED) is 0.0771. The average molecular weight is 616 g/mol. The van der Waals surface area contributed by atoms with Crippen LogP contribution in [0.15, 0.2) is 42.5 Å². The monoisotopic (exact) mass is 615 g/mol. The third kappa shape index (κ3) is 26.7. The van der Waals surface area contributed by atoms with Gasteiger partial charge in [0, 0.05) is 12.1 Å². The van der Waals surface area contributed by atoms with E-state index in [2.05, 4.69) is 11.9 Å². The molecule has 1 amide bonds. The normalized spacial score (nSPS) is 10.9. The fourth-order valence-corrected chi connectivity index (χ4v) is 2.96. The molecule has 0 aliphatic rings. The molecule has 0 aliphatic heterocycles. The lowest BCUT2D eigenvalue weighted by Crippen LogP contribution is -2.28. The predicted octanol–water partition coefficient (Wildman–Crippen LogP) is 2.16. The second-order valence-electron chi connectivity index (χ2n) is 8.80. The van der Waals surface area contributed by atoms with Crippen molar-refractivity contribution in [3.05, 3.63) is 48.0 Å². The smallest absolute Gasteiger partial charge is 0.407 e. The van der Waals surface area contributed by atoms with Gasteiger partial charge in [-0.25, -0.2) is 9.59 Å². The van der Waals surface area contributed by atoms with Gasteiger partial charge >= 0.3 is 12.1 Å². The molecule has 0 aromatic heterocycles. The molecule has 0 atom stereocenters. The Labute approximate surface area is 255 Å². The minimum atomic E-state index is -0.473. The first-order valence-electron chi connectivity index (χ1n) is 14.5. The van der Waals surface area contributed by atoms with E-state index in [0.717, 1.165) is 5.56 Å². The first-order chi connectivity index (χ1) is 21.1. The first-order valence-corrected chi connectivity index (χ1v) is 14.5. The van der Waals surface area contributed by atoms with Crippen LogP contribution in [0.3, 0.4) is 0 Å². The van der Waals surface area contributed by atoms with E-state index in [1.165, 1.54) is 0 Å². The zero-order valence-electron chi connectivity index (χ0n) is 25.4. The number of amides is 1. The Kier molecular flexibility index (Phi) is 26.3. The van der Waals surface area contributed by atoms with Crippen molar-refractivity contribution >= 4 is 12.1 Å². The molecule has 0 radical (unpaired) electrons. The minimum Gasteiger partial charge on any atom is -0.460 e. The van der Waals surface area contributed by atoms with Crippen molar-refractivity contribution in [3.8, 4) is 0 Å². The van der Waals surface area contributed by atoms with Crippen LogP contribution in [-0.4, -0.2) is 131 Å². The van der Waals surface area contributed by atoms with Crippen molar-refractivity contribution in [3.63, 3.8) is 0 Å². The number of rotatable bonds is 30. The predicted molar refractivity (Wildman–Crippen MR) is 157 cm³/mol. The Morgan fingerprint density at radius 3 is 1.33 bits per heavy atom. The van der Waals surface area contributed by atoms with Crippen molar-refractivity contribution in [1.82, 2.24) is 5.32 Å². The highest BCUT2D eigenvalue weighted by Gasteiger charge is 2.03. The summed E-state index contributed by atoms with van der Waals surface area (Å²) in [4.78, 5) is 22.8. The SMILES string of the molecule is C=C(C)C(=O)OCCOCCOCCOCCOCCOCCOCCOCCOCCNC(=O)OCc1ccccc1. The molecule has 0 bridgehead atoms. The van der Waals surface area contributed by atoms with E-state index in [0.29, 0.717) is 118 Å². The van der Waals surface area contributed by atoms with Gasteiger partial charge in [0.25, 0.3) is 0 Å². The summed E-state index contributed by atoms with van der Waals surface area (Å²) >= 11 is 0. The molecule has 1 rings (SSSR count). The van der Waals surface area contributed by atoms with E-state index in [4.69, 9.17) is 47.4 Å². The molecule has 0 fully saturated rings. The van der Waals surface area contributed by atoms with E-state index in [1.807, 2.05) is 30.3 Å². The zero-order chi connectivity index (χ0) is 31.1. The summed E-state index contributed by atoms with van der Waals surface area (Å²) in [7, 11) is 0. The van der Waals surface area contributed by atoms with Gasteiger partial charge in [0.1, 0.15) is 13.2 Å². The van der Waals surface area contributed by atoms with Gasteiger partial charge in [-0.1, -0.05) is 36.9 Å². The van der Waals surface area contributed by atoms with Crippen LogP contribution in [0.25, 0.3) is 0 Å². The average Bonchev–Trinajstić information content (AvgIpc) is 3.01. The topological polar surface area (TPSA) is 138 Å². The molecule has 1 N–H and O–H groups in total. The Hall–Kier alpha value is -2.62. The fourth-order valence-electron chi connectivity index (χ4n) is 2.96. The maximum absolute atomic E-state index is 11.6. The highest BCUT2D eigenvalue weighted by Crippen LogP contribution is 2.00. The third-order valence-electron chi connectivity index (χ3n) is 5.14. The van der Waals surface area contributed by atoms with E-state index in [-0.39, 0.29) is 13.2 Å². The van der Waals surface area contributed by atoms with Crippen LogP contribution in [0, 0.1) is 0 Å². The van der Waals surface area contributed by atoms with Gasteiger partial charge in [0.2, 0.25) is 0 Å². The van der Waals surface area contributed by atoms with Crippen LogP contribution in [0.2, 0.25) is 0 Å². The lowest BCUT2D eigenvalue weighted by molar-refractivity contribution is -0.140. The lowest BCUT2D eigenvalue weighted by atomic mass is 10.2. The lowest BCUT2D eigenvalue weighted by Gasteiger charge is -2.09. The Morgan fingerprint density at radius 1 is 0.558 bits per heavy atom. The fraction of sp³-hybridized carbons (Fsp3) is 0.667. The van der Waals surface area contributed by atoms with Gasteiger partial charge in [0.05, 0.1) is 106 Å². The van der Waals surface area contributed by atoms with Crippen LogP contribution in [0.1, 0.15) is 12.5 Å². The number of nitrogens with one attached hydrogen (secondary N) is 1. The molecular weight excluding hydrogens is 566 g/mol. The standard InChI is InChI=1S/C30H49NO12/c1-27(2)29(32)42-25-24-41-23-22-40-21-20-39-19-18-38-17-16-37-15-14-36-13-12-35-11-10-34-9-8-31-30(33)43-26-28-6-4-3-5-7-28/h3-7H,1,8-26H2,2H3,(H,31,33). The van der Waals surface area contributed by atoms with Crippen molar-refractivity contribution < 1.29 is 57.0 Å². The Bertz CT molecular complexity index is 812. The van der Waals surface area contributed by atoms with E-state index < -0.39 is 12.1 Å². The molecule has 13 nitrogen and oxygen atoms in total. The summed E-state index contributed by atoms with van der Waals surface area (Å²) in [5.41, 5.74) is 1.30. The molecule has 0 heterocycles. The summed E-state index contributed by atoms with van der Waals surface area (Å²) in [6.07, 6.45) is -0.473. The minimum absolute atomic E-state index is 0.195. The number of ether oxygens (including phenoxy) is 10. The maximum atomic E-state index is 11.6. The van der Waals surface area contributed by atoms with Crippen LogP contribution >= 0.6 is 0 Å². The van der Waals surface area contributed by atoms with Gasteiger partial charge in [-0.2, -0.15) is 0 Å². The second kappa shape index (κ2) is 29.5. The van der Waals surface area contributed by atoms with Crippen LogP contribution < -0.4 is 5.32 Å². The van der Waals surface area contributed by atoms with E-state index >= 15 is 0 Å². The van der Waals surface area contributed by atoms with Crippen molar-refractivity contribution in [2.24, 2.45) is 0 Å². The largest absolute Gasteiger partial charge is 0.460 e. The summed E-state index contributed by atoms with van der Waals surface area (Å²) < 4.78 is 53.3. The molecular formula is C30H49NO12. The number of carbonyl (C=O) groups excluding carboxylic acids is 2. The molecule has 1 aromatic carbocycles. The van der Waals surface area contributed by atoms with E-state index in [9.17, 15) is 9.59 Å². The van der Waals surface area contributed by atoms with Gasteiger partial charge in [-0.3, -0.25) is 0 Å². The van der Waals surface area contributed by atoms with Gasteiger partial charge in [0.15, 0.2) is 0 Å². The van der Waals surface area contributed by atoms with Crippen LogP contribution in [0.5, 0.6) is 0 Å². The molecule has 0 unspecified atom stereocenters. The molecule has 0 spiro atoms. The molecule has 0 saturated carbocycles. The number of alkyl carbamates (subject to hydrolysis) is 1. The molecule has 0 aliphatic carbocycles. The van der Waals surface area contributed by atoms with E-state index in [1.54, 1.807) is 6.92 Å². The highest BCUT2D eigenvalue weighted by molar-refractivity contribution is 5.86. The third-order valence-corrected chi connectivity index (χ3v) is 5.14. The molecule has 1 aromatic rings. The Balaban J connectivity index is 1.67. The molecule has 13 heteroatoms. The summed E-state index contributed by atoms with van der Waals surface area (Å²) in [5.74, 6) is -0.417. The number of esters is 1. The van der Waals surface area contributed by atoms with Crippen molar-refractivity contribution in [2.45, 2.75) is 13.5 Å². The van der Waals surface area contributed by atoms with Crippen molar-refractivity contribution in [2.75, 3.05) is 119 Å². The first kappa shape index (κ1) is 38.4. The second-order valence-corrected chi connectivity index (χ2v) is 8.80. The van der Waals surface area contributed by atoms with Gasteiger partial charge in [-0.05, 0) is 12.5 Å². The Morgan fingerprint density at radius 2 is 0.930 bits per heavy atom. The summed E-state index contributed by atoms with van der Waals surface area (Å²) in [5, 5.41) is 2.63. The van der Waals surface area contributed by atoms with Crippen molar-refractivity contribution in [1.29, 1.82) is 0 Å². The van der Waals surface area contributed by atoms with Crippen LogP contribution in [0.4, 0.5) is 4.79 Å². The van der Waals surface area contributed by atoms with Crippen LogP contribution in [-0.2, 0) is 58.8 Å². The zero-order valence-corrected chi connectivity index (χ0v) is 25.4. The molecule has 246 valence electrons. The number of hydrogen-bond donors (Lipinski definition) is 1. The number of carbonyl (C=O) groups is 2. The number of hydrogen-bond acceptors (Lipinski definition) is 12.